The number of carbonyl (C=O) groups is 1. The molecule has 19 heavy (non-hydrogen) atoms. The summed E-state index contributed by atoms with van der Waals surface area (Å²) in [6, 6.07) is 11.5. The van der Waals surface area contributed by atoms with Crippen LogP contribution in [-0.4, -0.2) is 5.91 Å². The van der Waals surface area contributed by atoms with Crippen molar-refractivity contribution in [2.24, 2.45) is 5.92 Å². The van der Waals surface area contributed by atoms with Crippen molar-refractivity contribution in [3.05, 3.63) is 57.2 Å². The number of halogens is 1. The fourth-order valence-corrected chi connectivity index (χ4v) is 2.67. The highest BCUT2D eigenvalue weighted by molar-refractivity contribution is 7.10. The molecule has 100 valence electrons. The van der Waals surface area contributed by atoms with Crippen LogP contribution in [0.2, 0.25) is 5.02 Å². The average Bonchev–Trinajstić information content (AvgIpc) is 2.90. The third-order valence-electron chi connectivity index (χ3n) is 2.84. The molecule has 0 aliphatic carbocycles. The molecule has 4 heteroatoms. The fourth-order valence-electron chi connectivity index (χ4n) is 1.74. The van der Waals surface area contributed by atoms with Gasteiger partial charge in [0.25, 0.3) is 0 Å². The second-order valence-corrected chi connectivity index (χ2v) is 6.08. The monoisotopic (exact) mass is 293 g/mol. The van der Waals surface area contributed by atoms with Crippen LogP contribution in [0.1, 0.15) is 30.3 Å². The molecule has 1 amide bonds. The van der Waals surface area contributed by atoms with Crippen LogP contribution in [-0.2, 0) is 4.79 Å². The Balaban J connectivity index is 2.29. The normalized spacial score (nSPS) is 12.4. The lowest BCUT2D eigenvalue weighted by molar-refractivity contribution is -0.124. The van der Waals surface area contributed by atoms with Gasteiger partial charge in [-0.1, -0.05) is 43.6 Å². The SMILES string of the molecule is CC(C)C(=O)NC(c1ccc(Cl)cc1)c1cccs1. The van der Waals surface area contributed by atoms with Gasteiger partial charge in [0, 0.05) is 15.8 Å². The van der Waals surface area contributed by atoms with Crippen LogP contribution in [0.3, 0.4) is 0 Å². The highest BCUT2D eigenvalue weighted by Crippen LogP contribution is 2.27. The Hall–Kier alpha value is -1.32. The minimum atomic E-state index is -0.104. The fraction of sp³-hybridized carbons (Fsp3) is 0.267. The lowest BCUT2D eigenvalue weighted by Crippen LogP contribution is -2.32. The summed E-state index contributed by atoms with van der Waals surface area (Å²) in [5.74, 6) is 0.0168. The predicted octanol–water partition coefficient (Wildman–Crippen LogP) is 4.26. The van der Waals surface area contributed by atoms with E-state index in [1.54, 1.807) is 11.3 Å². The molecule has 1 aromatic heterocycles. The summed E-state index contributed by atoms with van der Waals surface area (Å²) in [5.41, 5.74) is 1.04. The number of nitrogens with one attached hydrogen (secondary N) is 1. The van der Waals surface area contributed by atoms with Crippen molar-refractivity contribution >= 4 is 28.8 Å². The Morgan fingerprint density at radius 3 is 2.42 bits per heavy atom. The number of amides is 1. The van der Waals surface area contributed by atoms with E-state index in [1.165, 1.54) is 0 Å². The largest absolute Gasteiger partial charge is 0.344 e. The van der Waals surface area contributed by atoms with Gasteiger partial charge in [-0.2, -0.15) is 0 Å². The van der Waals surface area contributed by atoms with Gasteiger partial charge in [-0.3, -0.25) is 4.79 Å². The number of hydrogen-bond donors (Lipinski definition) is 1. The van der Waals surface area contributed by atoms with Crippen molar-refractivity contribution in [1.29, 1.82) is 0 Å². The first kappa shape index (κ1) is 14.1. The van der Waals surface area contributed by atoms with Crippen molar-refractivity contribution in [2.45, 2.75) is 19.9 Å². The van der Waals surface area contributed by atoms with Crippen LogP contribution in [0.5, 0.6) is 0 Å². The maximum Gasteiger partial charge on any atom is 0.223 e. The number of benzene rings is 1. The molecular formula is C15H16ClNOS. The van der Waals surface area contributed by atoms with E-state index >= 15 is 0 Å². The van der Waals surface area contributed by atoms with Crippen LogP contribution >= 0.6 is 22.9 Å². The average molecular weight is 294 g/mol. The van der Waals surface area contributed by atoms with E-state index in [2.05, 4.69) is 5.32 Å². The van der Waals surface area contributed by atoms with Gasteiger partial charge in [-0.05, 0) is 29.1 Å². The van der Waals surface area contributed by atoms with E-state index in [0.717, 1.165) is 10.4 Å². The van der Waals surface area contributed by atoms with Crippen molar-refractivity contribution in [1.82, 2.24) is 5.32 Å². The molecule has 0 fully saturated rings. The Labute approximate surface area is 122 Å². The van der Waals surface area contributed by atoms with Crippen LogP contribution in [0, 0.1) is 5.92 Å². The molecule has 0 bridgehead atoms. The van der Waals surface area contributed by atoms with Crippen LogP contribution < -0.4 is 5.32 Å². The van der Waals surface area contributed by atoms with Gasteiger partial charge in [0.1, 0.15) is 0 Å². The second-order valence-electron chi connectivity index (χ2n) is 4.66. The van der Waals surface area contributed by atoms with E-state index in [9.17, 15) is 4.79 Å². The maximum atomic E-state index is 12.0. The summed E-state index contributed by atoms with van der Waals surface area (Å²) >= 11 is 7.55. The summed E-state index contributed by atoms with van der Waals surface area (Å²) < 4.78 is 0. The third-order valence-corrected chi connectivity index (χ3v) is 4.03. The summed E-state index contributed by atoms with van der Waals surface area (Å²) in [4.78, 5) is 13.1. The molecule has 2 nitrogen and oxygen atoms in total. The first-order valence-corrected chi connectivity index (χ1v) is 7.43. The van der Waals surface area contributed by atoms with E-state index in [1.807, 2.05) is 55.6 Å². The Kier molecular flexibility index (Phi) is 4.61. The zero-order valence-corrected chi connectivity index (χ0v) is 12.5. The quantitative estimate of drug-likeness (QED) is 0.896. The number of rotatable bonds is 4. The molecule has 1 unspecified atom stereocenters. The molecule has 1 heterocycles. The summed E-state index contributed by atoms with van der Waals surface area (Å²) in [6.07, 6.45) is 0. The molecule has 0 saturated carbocycles. The lowest BCUT2D eigenvalue weighted by atomic mass is 10.0. The predicted molar refractivity (Wildman–Crippen MR) is 80.6 cm³/mol. The summed E-state index contributed by atoms with van der Waals surface area (Å²) in [5, 5.41) is 5.79. The van der Waals surface area contributed by atoms with E-state index < -0.39 is 0 Å². The molecule has 2 aromatic rings. The second kappa shape index (κ2) is 6.22. The van der Waals surface area contributed by atoms with Crippen LogP contribution in [0.15, 0.2) is 41.8 Å². The Morgan fingerprint density at radius 2 is 1.89 bits per heavy atom. The lowest BCUT2D eigenvalue weighted by Gasteiger charge is -2.19. The van der Waals surface area contributed by atoms with Gasteiger partial charge in [0.05, 0.1) is 6.04 Å². The molecule has 0 aliphatic rings. The van der Waals surface area contributed by atoms with Crippen molar-refractivity contribution in [2.75, 3.05) is 0 Å². The third kappa shape index (κ3) is 3.58. The molecule has 0 spiro atoms. The standard InChI is InChI=1S/C15H16ClNOS/c1-10(2)15(18)17-14(13-4-3-9-19-13)11-5-7-12(16)8-6-11/h3-10,14H,1-2H3,(H,17,18). The number of thiophene rings is 1. The van der Waals surface area contributed by atoms with Crippen LogP contribution in [0.25, 0.3) is 0 Å². The maximum absolute atomic E-state index is 12.0. The van der Waals surface area contributed by atoms with Crippen molar-refractivity contribution in [3.8, 4) is 0 Å². The molecule has 1 aromatic carbocycles. The van der Waals surface area contributed by atoms with E-state index in [4.69, 9.17) is 11.6 Å². The van der Waals surface area contributed by atoms with Crippen molar-refractivity contribution in [3.63, 3.8) is 0 Å². The van der Waals surface area contributed by atoms with Gasteiger partial charge in [-0.25, -0.2) is 0 Å². The molecule has 0 saturated heterocycles. The molecule has 1 N–H and O–H groups in total. The summed E-state index contributed by atoms with van der Waals surface area (Å²) in [6.45, 7) is 3.78. The van der Waals surface area contributed by atoms with Gasteiger partial charge >= 0.3 is 0 Å². The van der Waals surface area contributed by atoms with E-state index in [-0.39, 0.29) is 17.9 Å². The topological polar surface area (TPSA) is 29.1 Å². The van der Waals surface area contributed by atoms with E-state index in [0.29, 0.717) is 5.02 Å². The summed E-state index contributed by atoms with van der Waals surface area (Å²) in [7, 11) is 0. The zero-order valence-electron chi connectivity index (χ0n) is 10.9. The number of hydrogen-bond acceptors (Lipinski definition) is 2. The first-order chi connectivity index (χ1) is 9.08. The van der Waals surface area contributed by atoms with Crippen LogP contribution in [0.4, 0.5) is 0 Å². The molecular weight excluding hydrogens is 278 g/mol. The van der Waals surface area contributed by atoms with Gasteiger partial charge in [0.2, 0.25) is 5.91 Å². The highest BCUT2D eigenvalue weighted by Gasteiger charge is 2.19. The minimum absolute atomic E-state index is 0.0326. The highest BCUT2D eigenvalue weighted by atomic mass is 35.5. The minimum Gasteiger partial charge on any atom is -0.344 e. The smallest absolute Gasteiger partial charge is 0.223 e. The first-order valence-electron chi connectivity index (χ1n) is 6.17. The Morgan fingerprint density at radius 1 is 1.21 bits per heavy atom. The van der Waals surface area contributed by atoms with Crippen molar-refractivity contribution < 1.29 is 4.79 Å². The van der Waals surface area contributed by atoms with Gasteiger partial charge in [-0.15, -0.1) is 11.3 Å². The molecule has 0 aliphatic heterocycles. The zero-order chi connectivity index (χ0) is 13.8. The van der Waals surface area contributed by atoms with Gasteiger partial charge < -0.3 is 5.32 Å². The molecule has 0 radical (unpaired) electrons. The number of carbonyl (C=O) groups excluding carboxylic acids is 1. The molecule has 1 atom stereocenters. The molecule has 2 rings (SSSR count). The Bertz CT molecular complexity index is 534. The van der Waals surface area contributed by atoms with Gasteiger partial charge in [0.15, 0.2) is 0 Å².